The molecule has 1 N–H and O–H groups in total. The second kappa shape index (κ2) is 5.65. The first kappa shape index (κ1) is 13.3. The Bertz CT molecular complexity index is 455. The molecular formula is C12H13ClFNO3. The number of hydrogen-bond acceptors (Lipinski definition) is 3. The highest BCUT2D eigenvalue weighted by atomic mass is 35.5. The predicted molar refractivity (Wildman–Crippen MR) is 64.2 cm³/mol. The molecule has 0 aromatic heterocycles. The number of nitrogens with zero attached hydrogens (tertiary/aromatic N) is 1. The maximum absolute atomic E-state index is 13.1. The van der Waals surface area contributed by atoms with Gasteiger partial charge in [0.15, 0.2) is 0 Å². The average Bonchev–Trinajstić information content (AvgIpc) is 2.32. The van der Waals surface area contributed by atoms with Crippen LogP contribution in [0.2, 0.25) is 5.02 Å². The number of halogens is 2. The Kier molecular flexibility index (Phi) is 4.16. The lowest BCUT2D eigenvalue weighted by molar-refractivity contribution is -0.140. The molecule has 1 heterocycles. The number of carboxylic acids is 1. The van der Waals surface area contributed by atoms with Crippen LogP contribution < -0.4 is 0 Å². The molecule has 1 unspecified atom stereocenters. The van der Waals surface area contributed by atoms with Crippen molar-refractivity contribution in [3.05, 3.63) is 34.6 Å². The highest BCUT2D eigenvalue weighted by Crippen LogP contribution is 2.25. The summed E-state index contributed by atoms with van der Waals surface area (Å²) in [5.74, 6) is -1.34. The predicted octanol–water partition coefficient (Wildman–Crippen LogP) is 1.94. The number of hydrogen-bond donors (Lipinski definition) is 1. The van der Waals surface area contributed by atoms with Crippen LogP contribution in [0, 0.1) is 5.82 Å². The normalized spacial score (nSPS) is 20.9. The number of morpholine rings is 1. The third-order valence-corrected chi connectivity index (χ3v) is 3.11. The lowest BCUT2D eigenvalue weighted by Gasteiger charge is -2.32. The zero-order valence-corrected chi connectivity index (χ0v) is 10.4. The average molecular weight is 274 g/mol. The van der Waals surface area contributed by atoms with Crippen LogP contribution >= 0.6 is 11.6 Å². The van der Waals surface area contributed by atoms with Gasteiger partial charge >= 0.3 is 5.97 Å². The number of carbonyl (C=O) groups is 1. The first-order valence-electron chi connectivity index (χ1n) is 5.57. The second-order valence-electron chi connectivity index (χ2n) is 4.16. The fourth-order valence-corrected chi connectivity index (χ4v) is 2.14. The Balaban J connectivity index is 2.08. The van der Waals surface area contributed by atoms with Crippen LogP contribution in [-0.2, 0) is 9.53 Å². The molecule has 1 aromatic rings. The van der Waals surface area contributed by atoms with Crippen molar-refractivity contribution in [2.24, 2.45) is 0 Å². The van der Waals surface area contributed by atoms with Gasteiger partial charge in [-0.2, -0.15) is 0 Å². The highest BCUT2D eigenvalue weighted by Gasteiger charge is 2.23. The number of benzene rings is 1. The van der Waals surface area contributed by atoms with Gasteiger partial charge in [0.25, 0.3) is 0 Å². The van der Waals surface area contributed by atoms with Crippen LogP contribution in [-0.4, -0.2) is 42.2 Å². The van der Waals surface area contributed by atoms with E-state index in [1.807, 2.05) is 0 Å². The van der Waals surface area contributed by atoms with Crippen molar-refractivity contribution in [2.75, 3.05) is 26.2 Å². The van der Waals surface area contributed by atoms with Gasteiger partial charge in [-0.05, 0) is 17.7 Å². The van der Waals surface area contributed by atoms with E-state index in [0.717, 1.165) is 5.56 Å². The summed E-state index contributed by atoms with van der Waals surface area (Å²) in [6.45, 7) is 1.48. The van der Waals surface area contributed by atoms with Crippen LogP contribution in [0.5, 0.6) is 0 Å². The Morgan fingerprint density at radius 1 is 1.61 bits per heavy atom. The largest absolute Gasteiger partial charge is 0.480 e. The molecule has 0 radical (unpaired) electrons. The van der Waals surface area contributed by atoms with Crippen molar-refractivity contribution in [2.45, 2.75) is 6.10 Å². The van der Waals surface area contributed by atoms with E-state index in [1.54, 1.807) is 11.0 Å². The molecule has 4 nitrogen and oxygen atoms in total. The van der Waals surface area contributed by atoms with E-state index in [4.69, 9.17) is 21.4 Å². The molecule has 0 bridgehead atoms. The van der Waals surface area contributed by atoms with Gasteiger partial charge in [0.05, 0.1) is 24.3 Å². The van der Waals surface area contributed by atoms with Gasteiger partial charge in [0.2, 0.25) is 0 Å². The number of ether oxygens (including phenoxy) is 1. The van der Waals surface area contributed by atoms with Crippen molar-refractivity contribution >= 4 is 17.6 Å². The Morgan fingerprint density at radius 2 is 2.39 bits per heavy atom. The van der Waals surface area contributed by atoms with Gasteiger partial charge in [-0.1, -0.05) is 17.7 Å². The summed E-state index contributed by atoms with van der Waals surface area (Å²) in [4.78, 5) is 12.4. The highest BCUT2D eigenvalue weighted by molar-refractivity contribution is 6.30. The van der Waals surface area contributed by atoms with E-state index in [0.29, 0.717) is 19.7 Å². The molecule has 1 aromatic carbocycles. The minimum atomic E-state index is -0.868. The summed E-state index contributed by atoms with van der Waals surface area (Å²) >= 11 is 5.72. The summed E-state index contributed by atoms with van der Waals surface area (Å²) in [6, 6.07) is 4.42. The Hall–Kier alpha value is -1.17. The third kappa shape index (κ3) is 3.19. The maximum Gasteiger partial charge on any atom is 0.317 e. The van der Waals surface area contributed by atoms with Gasteiger partial charge in [0.1, 0.15) is 5.82 Å². The van der Waals surface area contributed by atoms with E-state index >= 15 is 0 Å². The van der Waals surface area contributed by atoms with E-state index in [2.05, 4.69) is 0 Å². The van der Waals surface area contributed by atoms with Crippen LogP contribution in [0.3, 0.4) is 0 Å². The van der Waals surface area contributed by atoms with Gasteiger partial charge in [0, 0.05) is 13.1 Å². The first-order valence-corrected chi connectivity index (χ1v) is 5.95. The van der Waals surface area contributed by atoms with Crippen LogP contribution in [0.4, 0.5) is 4.39 Å². The summed E-state index contributed by atoms with van der Waals surface area (Å²) in [5.41, 5.74) is 0.761. The van der Waals surface area contributed by atoms with E-state index in [-0.39, 0.29) is 17.7 Å². The minimum Gasteiger partial charge on any atom is -0.480 e. The second-order valence-corrected chi connectivity index (χ2v) is 4.57. The van der Waals surface area contributed by atoms with E-state index in [9.17, 15) is 9.18 Å². The molecule has 6 heteroatoms. The summed E-state index contributed by atoms with van der Waals surface area (Å²) in [6.07, 6.45) is -0.267. The molecular weight excluding hydrogens is 261 g/mol. The van der Waals surface area contributed by atoms with Crippen LogP contribution in [0.25, 0.3) is 0 Å². The van der Waals surface area contributed by atoms with Crippen molar-refractivity contribution < 1.29 is 19.0 Å². The van der Waals surface area contributed by atoms with Gasteiger partial charge in [-0.25, -0.2) is 4.39 Å². The maximum atomic E-state index is 13.1. The number of carboxylic acid groups (broad SMARTS) is 1. The molecule has 0 spiro atoms. The van der Waals surface area contributed by atoms with Crippen molar-refractivity contribution in [1.29, 1.82) is 0 Å². The van der Waals surface area contributed by atoms with Gasteiger partial charge in [-0.15, -0.1) is 0 Å². The van der Waals surface area contributed by atoms with Crippen molar-refractivity contribution in [3.63, 3.8) is 0 Å². The Morgan fingerprint density at radius 3 is 3.06 bits per heavy atom. The number of aliphatic carboxylic acids is 1. The van der Waals surface area contributed by atoms with Crippen LogP contribution in [0.1, 0.15) is 11.7 Å². The molecule has 0 saturated carbocycles. The fourth-order valence-electron chi connectivity index (χ4n) is 1.95. The Labute approximate surface area is 109 Å². The quantitative estimate of drug-likeness (QED) is 0.914. The molecule has 1 atom stereocenters. The lowest BCUT2D eigenvalue weighted by Crippen LogP contribution is -2.41. The molecule has 1 aliphatic rings. The molecule has 0 aliphatic carbocycles. The zero-order valence-electron chi connectivity index (χ0n) is 9.60. The zero-order chi connectivity index (χ0) is 13.1. The first-order chi connectivity index (χ1) is 8.56. The van der Waals surface area contributed by atoms with Crippen molar-refractivity contribution in [3.8, 4) is 0 Å². The summed E-state index contributed by atoms with van der Waals surface area (Å²) < 4.78 is 18.6. The SMILES string of the molecule is O=C(O)CN1CCOC(c2ccc(F)c(Cl)c2)C1. The van der Waals surface area contributed by atoms with E-state index < -0.39 is 11.8 Å². The molecule has 1 saturated heterocycles. The van der Waals surface area contributed by atoms with Gasteiger partial charge < -0.3 is 9.84 Å². The fraction of sp³-hybridized carbons (Fsp3) is 0.417. The molecule has 1 aliphatic heterocycles. The molecule has 18 heavy (non-hydrogen) atoms. The standard InChI is InChI=1S/C12H13ClFNO3/c13-9-5-8(1-2-10(9)14)11-6-15(3-4-18-11)7-12(16)17/h1-2,5,11H,3-4,6-7H2,(H,16,17). The topological polar surface area (TPSA) is 49.8 Å². The van der Waals surface area contributed by atoms with Crippen molar-refractivity contribution in [1.82, 2.24) is 4.90 Å². The molecule has 2 rings (SSSR count). The third-order valence-electron chi connectivity index (χ3n) is 2.82. The van der Waals surface area contributed by atoms with Gasteiger partial charge in [-0.3, -0.25) is 9.69 Å². The van der Waals surface area contributed by atoms with Crippen LogP contribution in [0.15, 0.2) is 18.2 Å². The summed E-state index contributed by atoms with van der Waals surface area (Å²) in [5, 5.41) is 8.80. The molecule has 98 valence electrons. The lowest BCUT2D eigenvalue weighted by atomic mass is 10.1. The summed E-state index contributed by atoms with van der Waals surface area (Å²) in [7, 11) is 0. The molecule has 0 amide bonds. The smallest absolute Gasteiger partial charge is 0.317 e. The minimum absolute atomic E-state index is 0.0191. The number of rotatable bonds is 3. The molecule has 1 fully saturated rings. The van der Waals surface area contributed by atoms with E-state index in [1.165, 1.54) is 12.1 Å². The monoisotopic (exact) mass is 273 g/mol.